The van der Waals surface area contributed by atoms with E-state index < -0.39 is 0 Å². The first-order valence-electron chi connectivity index (χ1n) is 6.14. The van der Waals surface area contributed by atoms with Crippen molar-refractivity contribution in [2.75, 3.05) is 0 Å². The molecule has 1 heterocycles. The lowest BCUT2D eigenvalue weighted by molar-refractivity contribution is 0.301. The Hall–Kier alpha value is -1.39. The van der Waals surface area contributed by atoms with Crippen molar-refractivity contribution in [3.8, 4) is 5.75 Å². The average Bonchev–Trinajstić information content (AvgIpc) is 2.37. The van der Waals surface area contributed by atoms with Crippen molar-refractivity contribution < 1.29 is 4.74 Å². The van der Waals surface area contributed by atoms with Gasteiger partial charge in [-0.05, 0) is 41.9 Å². The van der Waals surface area contributed by atoms with E-state index in [4.69, 9.17) is 10.5 Å². The molecule has 2 aromatic rings. The summed E-state index contributed by atoms with van der Waals surface area (Å²) >= 11 is 3.40. The molecule has 2 N–H and O–H groups in total. The summed E-state index contributed by atoms with van der Waals surface area (Å²) in [4.78, 5) is 4.12. The SMILES string of the molecule is Cc1ccc(OCc2cncc(Br)c2)c([C@H](C)N)c1. The molecule has 1 atom stereocenters. The molecule has 0 radical (unpaired) electrons. The van der Waals surface area contributed by atoms with Gasteiger partial charge in [-0.2, -0.15) is 0 Å². The number of halogens is 1. The van der Waals surface area contributed by atoms with Gasteiger partial charge < -0.3 is 10.5 Å². The lowest BCUT2D eigenvalue weighted by Crippen LogP contribution is -2.08. The van der Waals surface area contributed by atoms with Crippen molar-refractivity contribution in [3.05, 3.63) is 57.8 Å². The number of nitrogens with two attached hydrogens (primary N) is 1. The molecular weight excluding hydrogens is 304 g/mol. The predicted molar refractivity (Wildman–Crippen MR) is 80.1 cm³/mol. The van der Waals surface area contributed by atoms with Gasteiger partial charge in [0, 0.05) is 34.0 Å². The van der Waals surface area contributed by atoms with Gasteiger partial charge in [0.1, 0.15) is 12.4 Å². The summed E-state index contributed by atoms with van der Waals surface area (Å²) in [6.45, 7) is 4.49. The number of benzene rings is 1. The van der Waals surface area contributed by atoms with Crippen LogP contribution in [-0.2, 0) is 6.61 Å². The van der Waals surface area contributed by atoms with Crippen LogP contribution < -0.4 is 10.5 Å². The van der Waals surface area contributed by atoms with Crippen LogP contribution in [0.4, 0.5) is 0 Å². The fourth-order valence-corrected chi connectivity index (χ4v) is 2.26. The Bertz CT molecular complexity index is 570. The van der Waals surface area contributed by atoms with Crippen molar-refractivity contribution in [1.82, 2.24) is 4.98 Å². The van der Waals surface area contributed by atoms with E-state index in [1.807, 2.05) is 32.0 Å². The number of aromatic nitrogens is 1. The molecule has 0 aliphatic heterocycles. The molecule has 100 valence electrons. The van der Waals surface area contributed by atoms with Gasteiger partial charge in [0.05, 0.1) is 0 Å². The van der Waals surface area contributed by atoms with Gasteiger partial charge >= 0.3 is 0 Å². The Morgan fingerprint density at radius 3 is 2.79 bits per heavy atom. The highest BCUT2D eigenvalue weighted by molar-refractivity contribution is 9.10. The minimum absolute atomic E-state index is 0.0458. The third-order valence-electron chi connectivity index (χ3n) is 2.81. The van der Waals surface area contributed by atoms with Crippen molar-refractivity contribution in [1.29, 1.82) is 0 Å². The van der Waals surface area contributed by atoms with Crippen LogP contribution >= 0.6 is 15.9 Å². The van der Waals surface area contributed by atoms with E-state index in [-0.39, 0.29) is 6.04 Å². The lowest BCUT2D eigenvalue weighted by Gasteiger charge is -2.15. The second kappa shape index (κ2) is 6.17. The van der Waals surface area contributed by atoms with E-state index in [1.165, 1.54) is 5.56 Å². The first kappa shape index (κ1) is 14.0. The lowest BCUT2D eigenvalue weighted by atomic mass is 10.1. The largest absolute Gasteiger partial charge is 0.489 e. The number of nitrogens with zero attached hydrogens (tertiary/aromatic N) is 1. The van der Waals surface area contributed by atoms with E-state index in [2.05, 4.69) is 27.0 Å². The molecule has 0 aliphatic carbocycles. The normalized spacial score (nSPS) is 12.2. The summed E-state index contributed by atoms with van der Waals surface area (Å²) in [5.74, 6) is 0.834. The molecule has 0 unspecified atom stereocenters. The van der Waals surface area contributed by atoms with Crippen molar-refractivity contribution >= 4 is 15.9 Å². The zero-order valence-corrected chi connectivity index (χ0v) is 12.6. The third kappa shape index (κ3) is 3.78. The highest BCUT2D eigenvalue weighted by Crippen LogP contribution is 2.26. The zero-order chi connectivity index (χ0) is 13.8. The zero-order valence-electron chi connectivity index (χ0n) is 11.1. The van der Waals surface area contributed by atoms with Crippen molar-refractivity contribution in [2.45, 2.75) is 26.5 Å². The van der Waals surface area contributed by atoms with E-state index in [0.717, 1.165) is 21.3 Å². The van der Waals surface area contributed by atoms with Crippen LogP contribution in [0.2, 0.25) is 0 Å². The molecule has 1 aromatic heterocycles. The molecule has 0 saturated carbocycles. The second-order valence-corrected chi connectivity index (χ2v) is 5.55. The molecule has 0 spiro atoms. The van der Waals surface area contributed by atoms with Gasteiger partial charge in [0.2, 0.25) is 0 Å². The Morgan fingerprint density at radius 1 is 1.32 bits per heavy atom. The molecule has 1 aromatic carbocycles. The van der Waals surface area contributed by atoms with Crippen LogP contribution in [0.15, 0.2) is 41.1 Å². The van der Waals surface area contributed by atoms with Gasteiger partial charge in [-0.15, -0.1) is 0 Å². The maximum Gasteiger partial charge on any atom is 0.124 e. The topological polar surface area (TPSA) is 48.1 Å². The summed E-state index contributed by atoms with van der Waals surface area (Å²) in [6.07, 6.45) is 3.55. The van der Waals surface area contributed by atoms with Crippen molar-refractivity contribution in [2.24, 2.45) is 5.73 Å². The standard InChI is InChI=1S/C15H17BrN2O/c1-10-3-4-15(14(5-10)11(2)17)19-9-12-6-13(16)8-18-7-12/h3-8,11H,9,17H2,1-2H3/t11-/m0/s1. The Balaban J connectivity index is 2.15. The number of hydrogen-bond donors (Lipinski definition) is 1. The molecule has 4 heteroatoms. The van der Waals surface area contributed by atoms with Crippen LogP contribution in [-0.4, -0.2) is 4.98 Å². The molecule has 0 amide bonds. The van der Waals surface area contributed by atoms with Crippen LogP contribution in [0, 0.1) is 6.92 Å². The molecule has 3 nitrogen and oxygen atoms in total. The summed E-state index contributed by atoms with van der Waals surface area (Å²) in [7, 11) is 0. The highest BCUT2D eigenvalue weighted by Gasteiger charge is 2.08. The van der Waals surface area contributed by atoms with E-state index in [1.54, 1.807) is 12.4 Å². The van der Waals surface area contributed by atoms with Crippen molar-refractivity contribution in [3.63, 3.8) is 0 Å². The van der Waals surface area contributed by atoms with Crippen LogP contribution in [0.3, 0.4) is 0 Å². The number of rotatable bonds is 4. The molecular formula is C15H17BrN2O. The van der Waals surface area contributed by atoms with Gasteiger partial charge in [-0.1, -0.05) is 17.7 Å². The van der Waals surface area contributed by atoms with Crippen LogP contribution in [0.5, 0.6) is 5.75 Å². The molecule has 19 heavy (non-hydrogen) atoms. The summed E-state index contributed by atoms with van der Waals surface area (Å²) < 4.78 is 6.80. The fraction of sp³-hybridized carbons (Fsp3) is 0.267. The van der Waals surface area contributed by atoms with Gasteiger partial charge in [-0.25, -0.2) is 0 Å². The first-order chi connectivity index (χ1) is 9.06. The van der Waals surface area contributed by atoms with E-state index in [9.17, 15) is 0 Å². The summed E-state index contributed by atoms with van der Waals surface area (Å²) in [5.41, 5.74) is 9.21. The van der Waals surface area contributed by atoms with Gasteiger partial charge in [-0.3, -0.25) is 4.98 Å². The fourth-order valence-electron chi connectivity index (χ4n) is 1.85. The number of pyridine rings is 1. The Labute approximate surface area is 121 Å². The number of hydrogen-bond acceptors (Lipinski definition) is 3. The number of aryl methyl sites for hydroxylation is 1. The Kier molecular flexibility index (Phi) is 4.56. The quantitative estimate of drug-likeness (QED) is 0.933. The molecule has 0 bridgehead atoms. The molecule has 0 aliphatic rings. The van der Waals surface area contributed by atoms with E-state index >= 15 is 0 Å². The summed E-state index contributed by atoms with van der Waals surface area (Å²) in [6, 6.07) is 8.02. The predicted octanol–water partition coefficient (Wildman–Crippen LogP) is 3.75. The van der Waals surface area contributed by atoms with Crippen LogP contribution in [0.25, 0.3) is 0 Å². The molecule has 0 saturated heterocycles. The Morgan fingerprint density at radius 2 is 2.11 bits per heavy atom. The minimum Gasteiger partial charge on any atom is -0.489 e. The smallest absolute Gasteiger partial charge is 0.124 e. The number of ether oxygens (including phenoxy) is 1. The molecule has 0 fully saturated rings. The maximum absolute atomic E-state index is 5.98. The van der Waals surface area contributed by atoms with Gasteiger partial charge in [0.25, 0.3) is 0 Å². The van der Waals surface area contributed by atoms with Crippen LogP contribution in [0.1, 0.15) is 29.7 Å². The van der Waals surface area contributed by atoms with Gasteiger partial charge in [0.15, 0.2) is 0 Å². The maximum atomic E-state index is 5.98. The third-order valence-corrected chi connectivity index (χ3v) is 3.25. The van der Waals surface area contributed by atoms with E-state index in [0.29, 0.717) is 6.61 Å². The monoisotopic (exact) mass is 320 g/mol. The average molecular weight is 321 g/mol. The first-order valence-corrected chi connectivity index (χ1v) is 6.94. The highest BCUT2D eigenvalue weighted by atomic mass is 79.9. The second-order valence-electron chi connectivity index (χ2n) is 4.63. The summed E-state index contributed by atoms with van der Waals surface area (Å²) in [5, 5.41) is 0. The molecule has 2 rings (SSSR count). The minimum atomic E-state index is -0.0458.